The van der Waals surface area contributed by atoms with E-state index in [2.05, 4.69) is 26.1 Å². The van der Waals surface area contributed by atoms with E-state index >= 15 is 0 Å². The van der Waals surface area contributed by atoms with Crippen molar-refractivity contribution < 1.29 is 13.2 Å². The number of amides is 1. The molecule has 1 rings (SSSR count). The Kier molecular flexibility index (Phi) is 5.42. The van der Waals surface area contributed by atoms with Crippen molar-refractivity contribution in [3.05, 3.63) is 0 Å². The Labute approximate surface area is 117 Å². The van der Waals surface area contributed by atoms with E-state index in [-0.39, 0.29) is 17.7 Å². The first kappa shape index (κ1) is 16.5. The van der Waals surface area contributed by atoms with Gasteiger partial charge in [0.2, 0.25) is 5.91 Å². The molecule has 0 aromatic rings. The van der Waals surface area contributed by atoms with Crippen LogP contribution in [0, 0.1) is 11.3 Å². The Hall–Kier alpha value is -0.580. The van der Waals surface area contributed by atoms with Gasteiger partial charge in [0.1, 0.15) is 9.84 Å². The van der Waals surface area contributed by atoms with Crippen LogP contribution in [0.3, 0.4) is 0 Å². The second-order valence-corrected chi connectivity index (χ2v) is 9.05. The molecule has 1 aliphatic carbocycles. The number of carbonyl (C=O) groups is 1. The number of carbonyl (C=O) groups excluding carboxylic acids is 1. The van der Waals surface area contributed by atoms with E-state index in [9.17, 15) is 13.2 Å². The summed E-state index contributed by atoms with van der Waals surface area (Å²) in [4.78, 5) is 11.8. The minimum absolute atomic E-state index is 0.0137. The second-order valence-electron chi connectivity index (χ2n) is 6.79. The van der Waals surface area contributed by atoms with Gasteiger partial charge in [-0.2, -0.15) is 0 Å². The Bertz CT molecular complexity index is 414. The number of rotatable bonds is 5. The van der Waals surface area contributed by atoms with Crippen molar-refractivity contribution >= 4 is 15.7 Å². The van der Waals surface area contributed by atoms with Gasteiger partial charge in [-0.1, -0.05) is 20.8 Å². The fourth-order valence-corrected chi connectivity index (χ4v) is 3.60. The van der Waals surface area contributed by atoms with Crippen LogP contribution in [0.1, 0.15) is 52.9 Å². The summed E-state index contributed by atoms with van der Waals surface area (Å²) in [6, 6.07) is 0.249. The lowest BCUT2D eigenvalue weighted by molar-refractivity contribution is -0.122. The molecule has 0 aliphatic heterocycles. The maximum Gasteiger partial charge on any atom is 0.220 e. The largest absolute Gasteiger partial charge is 0.353 e. The molecule has 1 amide bonds. The summed E-state index contributed by atoms with van der Waals surface area (Å²) in [5, 5.41) is 3.06. The molecule has 19 heavy (non-hydrogen) atoms. The van der Waals surface area contributed by atoms with Crippen molar-refractivity contribution in [2.45, 2.75) is 58.9 Å². The SMILES string of the molecule is C[C@@H]1CC(C)(C)CC[C@@H]1NC(=O)CCCS(C)(=O)=O. The topological polar surface area (TPSA) is 63.2 Å². The summed E-state index contributed by atoms with van der Waals surface area (Å²) in [7, 11) is -2.96. The zero-order valence-electron chi connectivity index (χ0n) is 12.5. The Morgan fingerprint density at radius 1 is 1.37 bits per heavy atom. The molecule has 0 spiro atoms. The minimum Gasteiger partial charge on any atom is -0.353 e. The minimum atomic E-state index is -2.96. The molecule has 4 nitrogen and oxygen atoms in total. The zero-order chi connectivity index (χ0) is 14.7. The van der Waals surface area contributed by atoms with E-state index in [1.54, 1.807) is 0 Å². The van der Waals surface area contributed by atoms with E-state index in [0.717, 1.165) is 19.3 Å². The second kappa shape index (κ2) is 6.25. The molecule has 1 aliphatic rings. The maximum absolute atomic E-state index is 11.8. The molecule has 0 heterocycles. The third-order valence-electron chi connectivity index (χ3n) is 3.96. The monoisotopic (exact) mass is 289 g/mol. The molecule has 1 N–H and O–H groups in total. The smallest absolute Gasteiger partial charge is 0.220 e. The highest BCUT2D eigenvalue weighted by molar-refractivity contribution is 7.90. The predicted octanol–water partition coefficient (Wildman–Crippen LogP) is 2.14. The lowest BCUT2D eigenvalue weighted by atomic mass is 9.70. The first-order valence-electron chi connectivity index (χ1n) is 7.06. The molecular weight excluding hydrogens is 262 g/mol. The Morgan fingerprint density at radius 3 is 2.53 bits per heavy atom. The molecule has 112 valence electrons. The molecular formula is C14H27NO3S. The predicted molar refractivity (Wildman–Crippen MR) is 77.7 cm³/mol. The highest BCUT2D eigenvalue weighted by Crippen LogP contribution is 2.38. The molecule has 0 unspecified atom stereocenters. The normalized spacial score (nSPS) is 26.9. The van der Waals surface area contributed by atoms with Crippen molar-refractivity contribution in [2.75, 3.05) is 12.0 Å². The summed E-state index contributed by atoms with van der Waals surface area (Å²) in [5.41, 5.74) is 0.372. The average Bonchev–Trinajstić information content (AvgIpc) is 2.19. The Balaban J connectivity index is 2.33. The fourth-order valence-electron chi connectivity index (χ4n) is 2.93. The fraction of sp³-hybridized carbons (Fsp3) is 0.929. The zero-order valence-corrected chi connectivity index (χ0v) is 13.3. The summed E-state index contributed by atoms with van der Waals surface area (Å²) in [6.07, 6.45) is 5.20. The van der Waals surface area contributed by atoms with E-state index in [1.807, 2.05) is 0 Å². The molecule has 0 aromatic heterocycles. The highest BCUT2D eigenvalue weighted by atomic mass is 32.2. The van der Waals surface area contributed by atoms with E-state index < -0.39 is 9.84 Å². The van der Waals surface area contributed by atoms with Crippen LogP contribution in [-0.2, 0) is 14.6 Å². The third kappa shape index (κ3) is 6.41. The van der Waals surface area contributed by atoms with E-state index in [4.69, 9.17) is 0 Å². The summed E-state index contributed by atoms with van der Waals surface area (Å²) in [6.45, 7) is 6.73. The lowest BCUT2D eigenvalue weighted by Crippen LogP contribution is -2.44. The standard InChI is InChI=1S/C14H27NO3S/c1-11-10-14(2,3)8-7-12(11)15-13(16)6-5-9-19(4,17)18/h11-12H,5-10H2,1-4H3,(H,15,16)/t11-,12+/m1/s1. The third-order valence-corrected chi connectivity index (χ3v) is 4.99. The molecule has 1 saturated carbocycles. The average molecular weight is 289 g/mol. The van der Waals surface area contributed by atoms with E-state index in [0.29, 0.717) is 24.2 Å². The van der Waals surface area contributed by atoms with Gasteiger partial charge in [-0.15, -0.1) is 0 Å². The van der Waals surface area contributed by atoms with Gasteiger partial charge in [-0.05, 0) is 37.0 Å². The van der Waals surface area contributed by atoms with Crippen molar-refractivity contribution in [1.82, 2.24) is 5.32 Å². The summed E-state index contributed by atoms with van der Waals surface area (Å²) < 4.78 is 22.0. The van der Waals surface area contributed by atoms with Crippen molar-refractivity contribution in [3.63, 3.8) is 0 Å². The van der Waals surface area contributed by atoms with Gasteiger partial charge in [0.05, 0.1) is 5.75 Å². The van der Waals surface area contributed by atoms with Crippen LogP contribution in [0.5, 0.6) is 0 Å². The number of hydrogen-bond acceptors (Lipinski definition) is 3. The van der Waals surface area contributed by atoms with Gasteiger partial charge >= 0.3 is 0 Å². The molecule has 0 radical (unpaired) electrons. The number of sulfone groups is 1. The molecule has 2 atom stereocenters. The van der Waals surface area contributed by atoms with Crippen molar-refractivity contribution in [1.29, 1.82) is 0 Å². The summed E-state index contributed by atoms with van der Waals surface area (Å²) in [5.74, 6) is 0.566. The molecule has 1 fully saturated rings. The van der Waals surface area contributed by atoms with Crippen LogP contribution >= 0.6 is 0 Å². The van der Waals surface area contributed by atoms with Crippen LogP contribution in [-0.4, -0.2) is 32.4 Å². The van der Waals surface area contributed by atoms with E-state index in [1.165, 1.54) is 6.26 Å². The summed E-state index contributed by atoms with van der Waals surface area (Å²) >= 11 is 0. The molecule has 0 saturated heterocycles. The van der Waals surface area contributed by atoms with Crippen LogP contribution in [0.15, 0.2) is 0 Å². The highest BCUT2D eigenvalue weighted by Gasteiger charge is 2.32. The van der Waals surface area contributed by atoms with Crippen molar-refractivity contribution in [3.8, 4) is 0 Å². The van der Waals surface area contributed by atoms with Crippen LogP contribution in [0.25, 0.3) is 0 Å². The van der Waals surface area contributed by atoms with Crippen molar-refractivity contribution in [2.24, 2.45) is 11.3 Å². The number of nitrogens with one attached hydrogen (secondary N) is 1. The molecule has 0 bridgehead atoms. The van der Waals surface area contributed by atoms with Crippen LogP contribution in [0.4, 0.5) is 0 Å². The quantitative estimate of drug-likeness (QED) is 0.843. The number of hydrogen-bond donors (Lipinski definition) is 1. The van der Waals surface area contributed by atoms with Crippen LogP contribution < -0.4 is 5.32 Å². The lowest BCUT2D eigenvalue weighted by Gasteiger charge is -2.39. The van der Waals surface area contributed by atoms with Gasteiger partial charge in [0.15, 0.2) is 0 Å². The van der Waals surface area contributed by atoms with Gasteiger partial charge in [-0.25, -0.2) is 8.42 Å². The first-order valence-corrected chi connectivity index (χ1v) is 9.12. The van der Waals surface area contributed by atoms with Crippen LogP contribution in [0.2, 0.25) is 0 Å². The van der Waals surface area contributed by atoms with Gasteiger partial charge in [0, 0.05) is 18.7 Å². The molecule has 5 heteroatoms. The first-order chi connectivity index (χ1) is 8.59. The van der Waals surface area contributed by atoms with Gasteiger partial charge in [-0.3, -0.25) is 4.79 Å². The van der Waals surface area contributed by atoms with Gasteiger partial charge < -0.3 is 5.32 Å². The maximum atomic E-state index is 11.8. The van der Waals surface area contributed by atoms with Gasteiger partial charge in [0.25, 0.3) is 0 Å². The Morgan fingerprint density at radius 2 is 2.00 bits per heavy atom. The molecule has 0 aromatic carbocycles.